The summed E-state index contributed by atoms with van der Waals surface area (Å²) in [5.41, 5.74) is -0.660. The number of carbonyl (C=O) groups excluding carboxylic acids is 1. The van der Waals surface area contributed by atoms with Gasteiger partial charge in [-0.05, 0) is 18.1 Å². The summed E-state index contributed by atoms with van der Waals surface area (Å²) in [6, 6.07) is 5.18. The number of hydrogen-bond donors (Lipinski definition) is 1. The summed E-state index contributed by atoms with van der Waals surface area (Å²) in [4.78, 5) is 11.3. The predicted octanol–water partition coefficient (Wildman–Crippen LogP) is 3.34. The van der Waals surface area contributed by atoms with Crippen molar-refractivity contribution in [1.82, 2.24) is 5.32 Å². The molecule has 0 aliphatic heterocycles. The Morgan fingerprint density at radius 2 is 1.94 bits per heavy atom. The second-order valence-electron chi connectivity index (χ2n) is 3.72. The summed E-state index contributed by atoms with van der Waals surface area (Å²) in [6.45, 7) is -0.128. The van der Waals surface area contributed by atoms with Crippen LogP contribution in [-0.4, -0.2) is 11.8 Å². The number of hydrogen-bond acceptors (Lipinski definition) is 1. The van der Waals surface area contributed by atoms with Crippen LogP contribution in [0.2, 0.25) is 0 Å². The van der Waals surface area contributed by atoms with Crippen LogP contribution in [0, 0.1) is 0 Å². The molecular weight excluding hydrogens is 267 g/mol. The van der Waals surface area contributed by atoms with Crippen LogP contribution in [0.25, 0.3) is 0 Å². The number of amides is 1. The first-order valence-corrected chi connectivity index (χ1v) is 5.96. The highest BCUT2D eigenvalue weighted by Crippen LogP contribution is 2.31. The van der Waals surface area contributed by atoms with Gasteiger partial charge in [0.2, 0.25) is 5.91 Å². The zero-order chi connectivity index (χ0) is 13.6. The lowest BCUT2D eigenvalue weighted by Crippen LogP contribution is -2.24. The van der Waals surface area contributed by atoms with E-state index in [0.717, 1.165) is 6.07 Å². The maximum atomic E-state index is 12.6. The van der Waals surface area contributed by atoms with E-state index < -0.39 is 11.7 Å². The topological polar surface area (TPSA) is 29.1 Å². The largest absolute Gasteiger partial charge is 0.416 e. The molecule has 0 unspecified atom stereocenters. The van der Waals surface area contributed by atoms with E-state index in [-0.39, 0.29) is 24.4 Å². The zero-order valence-electron chi connectivity index (χ0n) is 9.56. The van der Waals surface area contributed by atoms with Crippen molar-refractivity contribution in [2.45, 2.75) is 25.6 Å². The highest BCUT2D eigenvalue weighted by Gasteiger charge is 2.32. The van der Waals surface area contributed by atoms with E-state index in [2.05, 4.69) is 5.32 Å². The molecule has 0 spiro atoms. The molecule has 100 valence electrons. The van der Waals surface area contributed by atoms with Crippen LogP contribution >= 0.6 is 11.6 Å². The van der Waals surface area contributed by atoms with Gasteiger partial charge in [-0.3, -0.25) is 4.79 Å². The summed E-state index contributed by atoms with van der Waals surface area (Å²) >= 11 is 5.42. The molecule has 0 aliphatic rings. The van der Waals surface area contributed by atoms with Crippen molar-refractivity contribution in [2.75, 3.05) is 5.88 Å². The fraction of sp³-hybridized carbons (Fsp3) is 0.417. The third-order valence-corrected chi connectivity index (χ3v) is 2.60. The molecule has 1 amide bonds. The Morgan fingerprint density at radius 1 is 1.28 bits per heavy atom. The summed E-state index contributed by atoms with van der Waals surface area (Å²) in [5, 5.41) is 2.45. The number of nitrogens with one attached hydrogen (secondary N) is 1. The molecule has 2 nitrogen and oxygen atoms in total. The van der Waals surface area contributed by atoms with Gasteiger partial charge in [0.15, 0.2) is 0 Å². The molecule has 0 saturated carbocycles. The zero-order valence-corrected chi connectivity index (χ0v) is 10.3. The lowest BCUT2D eigenvalue weighted by atomic mass is 10.1. The SMILES string of the molecule is O=C(CCCCl)NCc1ccccc1C(F)(F)F. The van der Waals surface area contributed by atoms with Gasteiger partial charge in [0.05, 0.1) is 5.56 Å². The molecule has 18 heavy (non-hydrogen) atoms. The highest BCUT2D eigenvalue weighted by atomic mass is 35.5. The summed E-state index contributed by atoms with van der Waals surface area (Å²) in [6.07, 6.45) is -3.68. The van der Waals surface area contributed by atoms with Crippen LogP contribution < -0.4 is 5.32 Å². The van der Waals surface area contributed by atoms with E-state index in [1.165, 1.54) is 18.2 Å². The van der Waals surface area contributed by atoms with Gasteiger partial charge in [-0.2, -0.15) is 13.2 Å². The predicted molar refractivity (Wildman–Crippen MR) is 63.2 cm³/mol. The minimum Gasteiger partial charge on any atom is -0.352 e. The molecular formula is C12H13ClF3NO. The van der Waals surface area contributed by atoms with Crippen molar-refractivity contribution in [3.63, 3.8) is 0 Å². The average Bonchev–Trinajstić information content (AvgIpc) is 2.33. The van der Waals surface area contributed by atoms with Crippen molar-refractivity contribution in [3.8, 4) is 0 Å². The molecule has 0 bridgehead atoms. The third-order valence-electron chi connectivity index (χ3n) is 2.34. The van der Waals surface area contributed by atoms with E-state index in [1.807, 2.05) is 0 Å². The normalized spacial score (nSPS) is 11.3. The van der Waals surface area contributed by atoms with E-state index >= 15 is 0 Å². The monoisotopic (exact) mass is 279 g/mol. The van der Waals surface area contributed by atoms with Crippen molar-refractivity contribution >= 4 is 17.5 Å². The Labute approximate surface area is 108 Å². The molecule has 0 radical (unpaired) electrons. The number of carbonyl (C=O) groups is 1. The van der Waals surface area contributed by atoms with Crippen molar-refractivity contribution < 1.29 is 18.0 Å². The van der Waals surface area contributed by atoms with Gasteiger partial charge in [-0.25, -0.2) is 0 Å². The van der Waals surface area contributed by atoms with Gasteiger partial charge in [0.1, 0.15) is 0 Å². The Kier molecular flexibility index (Phi) is 5.47. The fourth-order valence-corrected chi connectivity index (χ4v) is 1.59. The van der Waals surface area contributed by atoms with E-state index in [1.54, 1.807) is 0 Å². The van der Waals surface area contributed by atoms with Crippen LogP contribution in [0.1, 0.15) is 24.0 Å². The number of benzene rings is 1. The van der Waals surface area contributed by atoms with Crippen LogP contribution in [-0.2, 0) is 17.5 Å². The second kappa shape index (κ2) is 6.64. The van der Waals surface area contributed by atoms with Gasteiger partial charge in [0, 0.05) is 18.8 Å². The van der Waals surface area contributed by atoms with E-state index in [9.17, 15) is 18.0 Å². The first kappa shape index (κ1) is 14.8. The molecule has 1 rings (SSSR count). The molecule has 1 N–H and O–H groups in total. The van der Waals surface area contributed by atoms with E-state index in [0.29, 0.717) is 12.3 Å². The number of alkyl halides is 4. The minimum absolute atomic E-state index is 0.0595. The molecule has 0 saturated heterocycles. The minimum atomic E-state index is -4.41. The molecule has 0 aliphatic carbocycles. The molecule has 1 aromatic rings. The lowest BCUT2D eigenvalue weighted by molar-refractivity contribution is -0.138. The molecule has 0 atom stereocenters. The first-order valence-electron chi connectivity index (χ1n) is 5.43. The summed E-state index contributed by atoms with van der Waals surface area (Å²) < 4.78 is 37.9. The van der Waals surface area contributed by atoms with Gasteiger partial charge in [0.25, 0.3) is 0 Å². The van der Waals surface area contributed by atoms with Crippen molar-refractivity contribution in [2.24, 2.45) is 0 Å². The van der Waals surface area contributed by atoms with E-state index in [4.69, 9.17) is 11.6 Å². The molecule has 6 heteroatoms. The van der Waals surface area contributed by atoms with Gasteiger partial charge >= 0.3 is 6.18 Å². The smallest absolute Gasteiger partial charge is 0.352 e. The Morgan fingerprint density at radius 3 is 2.56 bits per heavy atom. The fourth-order valence-electron chi connectivity index (χ4n) is 1.46. The third kappa shape index (κ3) is 4.56. The quantitative estimate of drug-likeness (QED) is 0.823. The second-order valence-corrected chi connectivity index (χ2v) is 4.10. The Hall–Kier alpha value is -1.23. The Balaban J connectivity index is 2.65. The van der Waals surface area contributed by atoms with Crippen LogP contribution in [0.15, 0.2) is 24.3 Å². The molecule has 0 aromatic heterocycles. The molecule has 0 heterocycles. The standard InChI is InChI=1S/C12H13ClF3NO/c13-7-3-6-11(18)17-8-9-4-1-2-5-10(9)12(14,15)16/h1-2,4-5H,3,6-8H2,(H,17,18). The lowest BCUT2D eigenvalue weighted by Gasteiger charge is -2.13. The maximum absolute atomic E-state index is 12.6. The number of rotatable bonds is 5. The van der Waals surface area contributed by atoms with Crippen LogP contribution in [0.4, 0.5) is 13.2 Å². The average molecular weight is 280 g/mol. The van der Waals surface area contributed by atoms with Gasteiger partial charge in [-0.1, -0.05) is 18.2 Å². The highest BCUT2D eigenvalue weighted by molar-refractivity contribution is 6.17. The maximum Gasteiger partial charge on any atom is 0.416 e. The molecule has 0 fully saturated rings. The summed E-state index contributed by atoms with van der Waals surface area (Å²) in [7, 11) is 0. The van der Waals surface area contributed by atoms with Crippen LogP contribution in [0.5, 0.6) is 0 Å². The van der Waals surface area contributed by atoms with Gasteiger partial charge in [-0.15, -0.1) is 11.6 Å². The molecule has 1 aromatic carbocycles. The Bertz CT molecular complexity index is 407. The first-order chi connectivity index (χ1) is 8.45. The van der Waals surface area contributed by atoms with Crippen molar-refractivity contribution in [1.29, 1.82) is 0 Å². The summed E-state index contributed by atoms with van der Waals surface area (Å²) in [5.74, 6) is 0.0552. The van der Waals surface area contributed by atoms with Crippen molar-refractivity contribution in [3.05, 3.63) is 35.4 Å². The number of halogens is 4. The van der Waals surface area contributed by atoms with Gasteiger partial charge < -0.3 is 5.32 Å². The van der Waals surface area contributed by atoms with Crippen LogP contribution in [0.3, 0.4) is 0 Å².